The quantitative estimate of drug-likeness (QED) is 0.761. The molecule has 3 aliphatic rings. The minimum atomic E-state index is -0.443. The number of fused-ring (bicyclic) bond motifs is 1. The van der Waals surface area contributed by atoms with Crippen molar-refractivity contribution in [2.75, 3.05) is 11.4 Å². The number of rotatable bonds is 2. The molecule has 4 rings (SSSR count). The molecule has 1 aromatic carbocycles. The highest BCUT2D eigenvalue weighted by Gasteiger charge is 2.48. The molecule has 0 N–H and O–H groups in total. The number of piperidine rings is 1. The van der Waals surface area contributed by atoms with E-state index in [4.69, 9.17) is 11.6 Å². The van der Waals surface area contributed by atoms with Gasteiger partial charge in [-0.25, -0.2) is 4.90 Å². The van der Waals surface area contributed by atoms with Crippen LogP contribution in [0, 0.1) is 5.92 Å². The van der Waals surface area contributed by atoms with E-state index in [1.54, 1.807) is 24.3 Å². The lowest BCUT2D eigenvalue weighted by Gasteiger charge is -2.45. The van der Waals surface area contributed by atoms with Gasteiger partial charge >= 0.3 is 0 Å². The summed E-state index contributed by atoms with van der Waals surface area (Å²) >= 11 is 5.90. The van der Waals surface area contributed by atoms with Gasteiger partial charge in [0.1, 0.15) is 5.78 Å². The summed E-state index contributed by atoms with van der Waals surface area (Å²) in [4.78, 5) is 41.2. The SMILES string of the molecule is O=C1CCN([C@H]2CC(=O)N(c3ccc(Cl)cc3)C2=O)[C@@H]2CCCC[C@@H]12. The van der Waals surface area contributed by atoms with E-state index in [2.05, 4.69) is 4.90 Å². The molecule has 2 saturated heterocycles. The second-order valence-corrected chi connectivity index (χ2v) is 7.61. The van der Waals surface area contributed by atoms with Crippen LogP contribution in [-0.2, 0) is 14.4 Å². The van der Waals surface area contributed by atoms with Gasteiger partial charge in [-0.05, 0) is 37.1 Å². The van der Waals surface area contributed by atoms with Crippen molar-refractivity contribution in [3.8, 4) is 0 Å². The minimum Gasteiger partial charge on any atom is -0.299 e. The van der Waals surface area contributed by atoms with Crippen LogP contribution in [-0.4, -0.2) is 41.1 Å². The van der Waals surface area contributed by atoms with Crippen molar-refractivity contribution in [2.45, 2.75) is 50.6 Å². The summed E-state index contributed by atoms with van der Waals surface area (Å²) in [6.45, 7) is 0.581. The van der Waals surface area contributed by atoms with E-state index in [0.717, 1.165) is 25.7 Å². The summed E-state index contributed by atoms with van der Waals surface area (Å²) in [7, 11) is 0. The maximum absolute atomic E-state index is 13.0. The first kappa shape index (κ1) is 16.7. The Morgan fingerprint density at radius 2 is 1.72 bits per heavy atom. The van der Waals surface area contributed by atoms with E-state index in [1.807, 2.05) is 0 Å². The van der Waals surface area contributed by atoms with Crippen LogP contribution in [0.25, 0.3) is 0 Å². The van der Waals surface area contributed by atoms with Gasteiger partial charge in [0.2, 0.25) is 5.91 Å². The summed E-state index contributed by atoms with van der Waals surface area (Å²) < 4.78 is 0. The predicted molar refractivity (Wildman–Crippen MR) is 94.4 cm³/mol. The standard InChI is InChI=1S/C19H21ClN2O3/c20-12-5-7-13(8-6-12)22-18(24)11-16(19(22)25)21-10-9-17(23)14-3-1-2-4-15(14)21/h5-8,14-16H,1-4,9-11H2/t14-,15-,16+/m1/s1. The number of imide groups is 1. The number of carbonyl (C=O) groups is 3. The molecule has 1 aromatic rings. The number of hydrogen-bond acceptors (Lipinski definition) is 4. The van der Waals surface area contributed by atoms with Crippen LogP contribution < -0.4 is 4.90 Å². The Bertz CT molecular complexity index is 718. The lowest BCUT2D eigenvalue weighted by molar-refractivity contribution is -0.136. The number of benzene rings is 1. The van der Waals surface area contributed by atoms with Crippen molar-refractivity contribution < 1.29 is 14.4 Å². The number of likely N-dealkylation sites (tertiary alicyclic amines) is 1. The first-order valence-corrected chi connectivity index (χ1v) is 9.35. The van der Waals surface area contributed by atoms with E-state index < -0.39 is 6.04 Å². The van der Waals surface area contributed by atoms with Crippen LogP contribution in [0.2, 0.25) is 5.02 Å². The third kappa shape index (κ3) is 2.89. The molecule has 0 unspecified atom stereocenters. The summed E-state index contributed by atoms with van der Waals surface area (Å²) in [6, 6.07) is 6.43. The highest BCUT2D eigenvalue weighted by molar-refractivity contribution is 6.30. The van der Waals surface area contributed by atoms with E-state index in [0.29, 0.717) is 29.5 Å². The number of nitrogens with zero attached hydrogens (tertiary/aromatic N) is 2. The Balaban J connectivity index is 1.59. The molecule has 1 aliphatic carbocycles. The number of carbonyl (C=O) groups excluding carboxylic acids is 3. The molecule has 2 heterocycles. The summed E-state index contributed by atoms with van der Waals surface area (Å²) in [5.74, 6) is 0.00911. The van der Waals surface area contributed by atoms with Crippen LogP contribution in [0.5, 0.6) is 0 Å². The summed E-state index contributed by atoms with van der Waals surface area (Å²) in [5, 5.41) is 0.569. The first-order chi connectivity index (χ1) is 12.1. The molecular weight excluding hydrogens is 340 g/mol. The van der Waals surface area contributed by atoms with Crippen molar-refractivity contribution in [1.29, 1.82) is 0 Å². The van der Waals surface area contributed by atoms with Gasteiger partial charge in [0, 0.05) is 29.9 Å². The average molecular weight is 361 g/mol. The average Bonchev–Trinajstić information content (AvgIpc) is 2.91. The number of amides is 2. The van der Waals surface area contributed by atoms with Crippen molar-refractivity contribution in [1.82, 2.24) is 4.90 Å². The molecule has 0 bridgehead atoms. The normalized spacial score (nSPS) is 30.7. The van der Waals surface area contributed by atoms with Gasteiger partial charge in [-0.2, -0.15) is 0 Å². The van der Waals surface area contributed by atoms with E-state index in [-0.39, 0.29) is 30.2 Å². The van der Waals surface area contributed by atoms with Gasteiger partial charge in [-0.1, -0.05) is 24.4 Å². The van der Waals surface area contributed by atoms with E-state index >= 15 is 0 Å². The lowest BCUT2D eigenvalue weighted by Crippen LogP contribution is -2.56. The van der Waals surface area contributed by atoms with E-state index in [1.165, 1.54) is 4.90 Å². The summed E-state index contributed by atoms with van der Waals surface area (Å²) in [5.41, 5.74) is 0.565. The third-order valence-electron chi connectivity index (χ3n) is 5.79. The van der Waals surface area contributed by atoms with Gasteiger partial charge in [0.25, 0.3) is 5.91 Å². The van der Waals surface area contributed by atoms with Gasteiger partial charge in [-0.3, -0.25) is 19.3 Å². The molecule has 0 aromatic heterocycles. The number of anilines is 1. The van der Waals surface area contributed by atoms with Gasteiger partial charge in [0.15, 0.2) is 0 Å². The van der Waals surface area contributed by atoms with Crippen LogP contribution >= 0.6 is 11.6 Å². The molecule has 6 heteroatoms. The number of halogens is 1. The highest BCUT2D eigenvalue weighted by Crippen LogP contribution is 2.37. The van der Waals surface area contributed by atoms with Gasteiger partial charge < -0.3 is 0 Å². The maximum Gasteiger partial charge on any atom is 0.251 e. The molecule has 2 aliphatic heterocycles. The number of hydrogen-bond donors (Lipinski definition) is 0. The van der Waals surface area contributed by atoms with Crippen LogP contribution in [0.1, 0.15) is 38.5 Å². The minimum absolute atomic E-state index is 0.0370. The highest BCUT2D eigenvalue weighted by atomic mass is 35.5. The second kappa shape index (κ2) is 6.54. The van der Waals surface area contributed by atoms with Crippen molar-refractivity contribution in [2.24, 2.45) is 5.92 Å². The Labute approximate surface area is 151 Å². The molecule has 2 amide bonds. The lowest BCUT2D eigenvalue weighted by atomic mass is 9.77. The molecule has 0 spiro atoms. The molecule has 132 valence electrons. The predicted octanol–water partition coefficient (Wildman–Crippen LogP) is 2.81. The van der Waals surface area contributed by atoms with Crippen LogP contribution in [0.3, 0.4) is 0 Å². The van der Waals surface area contributed by atoms with E-state index in [9.17, 15) is 14.4 Å². The maximum atomic E-state index is 13.0. The molecule has 0 radical (unpaired) electrons. The van der Waals surface area contributed by atoms with Gasteiger partial charge in [-0.15, -0.1) is 0 Å². The zero-order valence-electron chi connectivity index (χ0n) is 14.0. The van der Waals surface area contributed by atoms with Crippen LogP contribution in [0.15, 0.2) is 24.3 Å². The third-order valence-corrected chi connectivity index (χ3v) is 6.05. The Hall–Kier alpha value is -1.72. The monoisotopic (exact) mass is 360 g/mol. The Morgan fingerprint density at radius 1 is 1.00 bits per heavy atom. The number of ketones is 1. The fraction of sp³-hybridized carbons (Fsp3) is 0.526. The van der Waals surface area contributed by atoms with Crippen LogP contribution in [0.4, 0.5) is 5.69 Å². The van der Waals surface area contributed by atoms with Crippen molar-refractivity contribution in [3.05, 3.63) is 29.3 Å². The fourth-order valence-electron chi connectivity index (χ4n) is 4.60. The first-order valence-electron chi connectivity index (χ1n) is 8.97. The molecule has 1 saturated carbocycles. The van der Waals surface area contributed by atoms with Crippen molar-refractivity contribution in [3.63, 3.8) is 0 Å². The fourth-order valence-corrected chi connectivity index (χ4v) is 4.72. The molecular formula is C19H21ClN2O3. The zero-order valence-corrected chi connectivity index (χ0v) is 14.7. The summed E-state index contributed by atoms with van der Waals surface area (Å²) in [6.07, 6.45) is 4.69. The molecule has 3 atom stereocenters. The second-order valence-electron chi connectivity index (χ2n) is 7.18. The molecule has 3 fully saturated rings. The molecule has 25 heavy (non-hydrogen) atoms. The van der Waals surface area contributed by atoms with Gasteiger partial charge in [0.05, 0.1) is 18.2 Å². The zero-order chi connectivity index (χ0) is 17.6. The largest absolute Gasteiger partial charge is 0.299 e. The Morgan fingerprint density at radius 3 is 2.48 bits per heavy atom. The van der Waals surface area contributed by atoms with Crippen molar-refractivity contribution >= 4 is 34.9 Å². The topological polar surface area (TPSA) is 57.7 Å². The smallest absolute Gasteiger partial charge is 0.251 e. The molecule has 5 nitrogen and oxygen atoms in total. The number of Topliss-reactive ketones (excluding diaryl/α,β-unsaturated/α-hetero) is 1. The Kier molecular flexibility index (Phi) is 4.38.